The summed E-state index contributed by atoms with van der Waals surface area (Å²) in [5.41, 5.74) is 0.383. The molecule has 0 aromatic heterocycles. The fourth-order valence-electron chi connectivity index (χ4n) is 3.09. The molecule has 1 nitrogen and oxygen atoms in total. The number of alkyl halides is 1. The minimum absolute atomic E-state index is 0.383. The van der Waals surface area contributed by atoms with Gasteiger partial charge < -0.3 is 0 Å². The van der Waals surface area contributed by atoms with Gasteiger partial charge in [0.25, 0.3) is 0 Å². The van der Waals surface area contributed by atoms with E-state index in [-0.39, 0.29) is 0 Å². The Morgan fingerprint density at radius 2 is 2.00 bits per heavy atom. The molecule has 3 unspecified atom stereocenters. The van der Waals surface area contributed by atoms with Gasteiger partial charge in [-0.15, -0.1) is 0 Å². The summed E-state index contributed by atoms with van der Waals surface area (Å²) in [7, 11) is 0. The summed E-state index contributed by atoms with van der Waals surface area (Å²) >= 11 is 0. The third kappa shape index (κ3) is 2.10. The molecule has 0 aromatic rings. The Hall–Kier alpha value is -0.110. The smallest absolute Gasteiger partial charge is 0.114 e. The van der Waals surface area contributed by atoms with Gasteiger partial charge in [-0.2, -0.15) is 0 Å². The van der Waals surface area contributed by atoms with Crippen molar-refractivity contribution in [3.05, 3.63) is 0 Å². The standard InChI is InChI=1S/C12H22FN/c1-12(2,3)7-11-5-4-10-6-9(13)8-14(10)11/h9-11H,4-8H2,1-3H3. The van der Waals surface area contributed by atoms with Crippen LogP contribution in [0.5, 0.6) is 0 Å². The summed E-state index contributed by atoms with van der Waals surface area (Å²) < 4.78 is 13.2. The van der Waals surface area contributed by atoms with E-state index in [1.54, 1.807) is 0 Å². The molecule has 2 rings (SSSR count). The van der Waals surface area contributed by atoms with Crippen molar-refractivity contribution < 1.29 is 4.39 Å². The second kappa shape index (κ2) is 3.48. The van der Waals surface area contributed by atoms with Crippen molar-refractivity contribution in [2.24, 2.45) is 5.41 Å². The lowest BCUT2D eigenvalue weighted by molar-refractivity contribution is 0.177. The third-order valence-corrected chi connectivity index (χ3v) is 3.56. The van der Waals surface area contributed by atoms with Gasteiger partial charge in [0.05, 0.1) is 0 Å². The van der Waals surface area contributed by atoms with Gasteiger partial charge in [-0.3, -0.25) is 4.90 Å². The number of halogens is 1. The summed E-state index contributed by atoms with van der Waals surface area (Å²) in [6.07, 6.45) is 3.97. The predicted molar refractivity (Wildman–Crippen MR) is 57.1 cm³/mol. The monoisotopic (exact) mass is 199 g/mol. The van der Waals surface area contributed by atoms with Crippen molar-refractivity contribution >= 4 is 0 Å². The van der Waals surface area contributed by atoms with E-state index in [1.807, 2.05) is 0 Å². The Bertz CT molecular complexity index is 209. The van der Waals surface area contributed by atoms with Crippen molar-refractivity contribution in [1.29, 1.82) is 0 Å². The Morgan fingerprint density at radius 3 is 2.64 bits per heavy atom. The molecule has 0 spiro atoms. The number of hydrogen-bond donors (Lipinski definition) is 0. The van der Waals surface area contributed by atoms with E-state index in [4.69, 9.17) is 0 Å². The maximum absolute atomic E-state index is 13.2. The second-order valence-electron chi connectivity index (χ2n) is 6.18. The fraction of sp³-hybridized carbons (Fsp3) is 1.00. The molecule has 0 aliphatic carbocycles. The molecule has 2 fully saturated rings. The highest BCUT2D eigenvalue weighted by Crippen LogP contribution is 2.38. The van der Waals surface area contributed by atoms with Crippen LogP contribution < -0.4 is 0 Å². The van der Waals surface area contributed by atoms with Gasteiger partial charge in [0.2, 0.25) is 0 Å². The van der Waals surface area contributed by atoms with Crippen molar-refractivity contribution in [1.82, 2.24) is 4.90 Å². The van der Waals surface area contributed by atoms with Crippen LogP contribution in [0.15, 0.2) is 0 Å². The zero-order chi connectivity index (χ0) is 10.3. The molecule has 0 aromatic carbocycles. The number of rotatable bonds is 1. The highest BCUT2D eigenvalue weighted by molar-refractivity contribution is 4.96. The molecule has 14 heavy (non-hydrogen) atoms. The van der Waals surface area contributed by atoms with Crippen LogP contribution in [-0.2, 0) is 0 Å². The zero-order valence-corrected chi connectivity index (χ0v) is 9.59. The van der Waals surface area contributed by atoms with Gasteiger partial charge in [0.1, 0.15) is 6.17 Å². The van der Waals surface area contributed by atoms with E-state index in [2.05, 4.69) is 25.7 Å². The molecule has 3 atom stereocenters. The predicted octanol–water partition coefficient (Wildman–Crippen LogP) is 3.00. The van der Waals surface area contributed by atoms with Gasteiger partial charge >= 0.3 is 0 Å². The molecular weight excluding hydrogens is 177 g/mol. The molecule has 2 aliphatic heterocycles. The summed E-state index contributed by atoms with van der Waals surface area (Å²) in [5.74, 6) is 0. The average molecular weight is 199 g/mol. The molecule has 0 radical (unpaired) electrons. The number of hydrogen-bond acceptors (Lipinski definition) is 1. The fourth-order valence-corrected chi connectivity index (χ4v) is 3.09. The molecule has 2 heterocycles. The van der Waals surface area contributed by atoms with Crippen LogP contribution in [0.4, 0.5) is 4.39 Å². The quantitative estimate of drug-likeness (QED) is 0.627. The Kier molecular flexibility index (Phi) is 2.59. The van der Waals surface area contributed by atoms with Crippen LogP contribution in [0.3, 0.4) is 0 Å². The Balaban J connectivity index is 1.95. The normalized spacial score (nSPS) is 39.0. The van der Waals surface area contributed by atoms with Crippen LogP contribution in [0.25, 0.3) is 0 Å². The molecule has 0 N–H and O–H groups in total. The van der Waals surface area contributed by atoms with E-state index in [9.17, 15) is 4.39 Å². The summed E-state index contributed by atoms with van der Waals surface area (Å²) in [6, 6.07) is 1.22. The molecular formula is C12H22FN. The molecule has 2 heteroatoms. The first-order valence-corrected chi connectivity index (χ1v) is 5.85. The summed E-state index contributed by atoms with van der Waals surface area (Å²) in [4.78, 5) is 2.43. The minimum Gasteiger partial charge on any atom is -0.294 e. The van der Waals surface area contributed by atoms with E-state index in [1.165, 1.54) is 19.3 Å². The first kappa shape index (κ1) is 10.4. The van der Waals surface area contributed by atoms with E-state index in [0.717, 1.165) is 6.42 Å². The van der Waals surface area contributed by atoms with Gasteiger partial charge in [0.15, 0.2) is 0 Å². The van der Waals surface area contributed by atoms with Crippen LogP contribution in [0.2, 0.25) is 0 Å². The summed E-state index contributed by atoms with van der Waals surface area (Å²) in [5, 5.41) is 0. The maximum atomic E-state index is 13.2. The highest BCUT2D eigenvalue weighted by atomic mass is 19.1. The molecule has 0 amide bonds. The van der Waals surface area contributed by atoms with Crippen molar-refractivity contribution in [2.45, 2.75) is 64.7 Å². The van der Waals surface area contributed by atoms with E-state index in [0.29, 0.717) is 24.0 Å². The zero-order valence-electron chi connectivity index (χ0n) is 9.59. The number of nitrogens with zero attached hydrogens (tertiary/aromatic N) is 1. The lowest BCUT2D eigenvalue weighted by atomic mass is 9.87. The molecule has 2 aliphatic rings. The molecule has 0 saturated carbocycles. The SMILES string of the molecule is CC(C)(C)CC1CCC2CC(F)CN21. The molecule has 0 bridgehead atoms. The van der Waals surface area contributed by atoms with Gasteiger partial charge in [-0.05, 0) is 31.1 Å². The largest absolute Gasteiger partial charge is 0.294 e. The Morgan fingerprint density at radius 1 is 1.29 bits per heavy atom. The number of fused-ring (bicyclic) bond motifs is 1. The summed E-state index contributed by atoms with van der Waals surface area (Å²) in [6.45, 7) is 7.54. The maximum Gasteiger partial charge on any atom is 0.114 e. The van der Waals surface area contributed by atoms with Crippen LogP contribution in [0.1, 0.15) is 46.5 Å². The van der Waals surface area contributed by atoms with Crippen LogP contribution in [-0.4, -0.2) is 29.7 Å². The third-order valence-electron chi connectivity index (χ3n) is 3.56. The first-order valence-electron chi connectivity index (χ1n) is 5.85. The lowest BCUT2D eigenvalue weighted by Crippen LogP contribution is -2.34. The van der Waals surface area contributed by atoms with E-state index < -0.39 is 6.17 Å². The molecule has 82 valence electrons. The first-order chi connectivity index (χ1) is 6.46. The van der Waals surface area contributed by atoms with Crippen molar-refractivity contribution in [2.75, 3.05) is 6.54 Å². The molecule has 2 saturated heterocycles. The van der Waals surface area contributed by atoms with Gasteiger partial charge in [-0.1, -0.05) is 20.8 Å². The Labute approximate surface area is 86.7 Å². The second-order valence-corrected chi connectivity index (χ2v) is 6.18. The van der Waals surface area contributed by atoms with Crippen LogP contribution >= 0.6 is 0 Å². The van der Waals surface area contributed by atoms with Crippen molar-refractivity contribution in [3.8, 4) is 0 Å². The highest BCUT2D eigenvalue weighted by Gasteiger charge is 2.41. The topological polar surface area (TPSA) is 3.24 Å². The van der Waals surface area contributed by atoms with Gasteiger partial charge in [0, 0.05) is 18.6 Å². The average Bonchev–Trinajstić information content (AvgIpc) is 2.49. The van der Waals surface area contributed by atoms with Gasteiger partial charge in [-0.25, -0.2) is 4.39 Å². The van der Waals surface area contributed by atoms with Crippen LogP contribution in [0, 0.1) is 5.41 Å². The van der Waals surface area contributed by atoms with E-state index >= 15 is 0 Å². The minimum atomic E-state index is -0.553. The lowest BCUT2D eigenvalue weighted by Gasteiger charge is -2.29. The van der Waals surface area contributed by atoms with Crippen molar-refractivity contribution in [3.63, 3.8) is 0 Å².